The maximum atomic E-state index is 11.8. The number of hydrogen-bond acceptors (Lipinski definition) is 9. The standard InChI is InChI=1S/C33H25N5O4S.Na/c34-32-28-8-4-3-7-27(28)31(43(40,41)42)20-29(32)37-35-24-14-9-21(10-15-24)19-22-11-16-25(17-12-22)36-38-33-26-6-2-1-5-23(26)13-18-30(33)39;/h1-18,20,39H,19,34H2,(H,40,41,42);/q;+1/p-1. The van der Waals surface area contributed by atoms with Crippen LogP contribution < -0.4 is 35.3 Å². The van der Waals surface area contributed by atoms with Crippen molar-refractivity contribution >= 4 is 60.1 Å². The van der Waals surface area contributed by atoms with Crippen LogP contribution >= 0.6 is 0 Å². The Labute approximate surface area is 275 Å². The normalized spacial score (nSPS) is 11.8. The number of nitrogens with two attached hydrogens (primary N) is 1. The molecular weight excluding hydrogens is 585 g/mol. The van der Waals surface area contributed by atoms with Gasteiger partial charge in [0.15, 0.2) is 0 Å². The zero-order chi connectivity index (χ0) is 30.0. The average Bonchev–Trinajstić information content (AvgIpc) is 3.01. The Morgan fingerprint density at radius 1 is 0.659 bits per heavy atom. The van der Waals surface area contributed by atoms with Crippen molar-refractivity contribution < 1.29 is 47.6 Å². The van der Waals surface area contributed by atoms with Crippen LogP contribution in [0.3, 0.4) is 0 Å². The van der Waals surface area contributed by atoms with Crippen molar-refractivity contribution in [1.82, 2.24) is 0 Å². The number of azo groups is 2. The summed E-state index contributed by atoms with van der Waals surface area (Å²) in [5.74, 6) is 0.0722. The van der Waals surface area contributed by atoms with Crippen molar-refractivity contribution in [2.24, 2.45) is 20.5 Å². The van der Waals surface area contributed by atoms with Crippen LogP contribution in [0.5, 0.6) is 5.75 Å². The minimum Gasteiger partial charge on any atom is -0.744 e. The number of fused-ring (bicyclic) bond motifs is 2. The predicted molar refractivity (Wildman–Crippen MR) is 166 cm³/mol. The first-order valence-electron chi connectivity index (χ1n) is 13.3. The van der Waals surface area contributed by atoms with E-state index in [2.05, 4.69) is 20.5 Å². The summed E-state index contributed by atoms with van der Waals surface area (Å²) in [5.41, 5.74) is 10.3. The summed E-state index contributed by atoms with van der Waals surface area (Å²) in [6, 6.07) is 33.9. The zero-order valence-electron chi connectivity index (χ0n) is 23.6. The monoisotopic (exact) mass is 609 g/mol. The molecular formula is C33H24N5NaO4S. The van der Waals surface area contributed by atoms with Crippen molar-refractivity contribution in [3.8, 4) is 5.75 Å². The topological polar surface area (TPSA) is 153 Å². The van der Waals surface area contributed by atoms with Gasteiger partial charge in [-0.05, 0) is 59.3 Å². The van der Waals surface area contributed by atoms with Gasteiger partial charge in [0.25, 0.3) is 0 Å². The smallest absolute Gasteiger partial charge is 0.744 e. The molecule has 6 aromatic carbocycles. The van der Waals surface area contributed by atoms with Crippen LogP contribution in [-0.4, -0.2) is 18.1 Å². The van der Waals surface area contributed by atoms with Crippen LogP contribution in [0.1, 0.15) is 11.1 Å². The van der Waals surface area contributed by atoms with Gasteiger partial charge in [0, 0.05) is 16.2 Å². The summed E-state index contributed by atoms with van der Waals surface area (Å²) < 4.78 is 35.5. The molecule has 9 nitrogen and oxygen atoms in total. The number of phenolic OH excluding ortho intramolecular Hbond substituents is 1. The molecule has 11 heteroatoms. The first kappa shape index (κ1) is 31.0. The van der Waals surface area contributed by atoms with E-state index in [4.69, 9.17) is 5.73 Å². The van der Waals surface area contributed by atoms with Crippen LogP contribution in [0, 0.1) is 0 Å². The number of anilines is 1. The van der Waals surface area contributed by atoms with Crippen molar-refractivity contribution in [2.75, 3.05) is 5.73 Å². The minimum absolute atomic E-state index is 0. The number of nitrogen functional groups attached to an aromatic ring is 1. The number of benzene rings is 6. The van der Waals surface area contributed by atoms with Gasteiger partial charge in [0.1, 0.15) is 27.2 Å². The Morgan fingerprint density at radius 2 is 1.20 bits per heavy atom. The van der Waals surface area contributed by atoms with E-state index in [0.29, 0.717) is 28.9 Å². The fourth-order valence-corrected chi connectivity index (χ4v) is 5.51. The maximum Gasteiger partial charge on any atom is 1.00 e. The molecule has 212 valence electrons. The second-order valence-electron chi connectivity index (χ2n) is 9.87. The molecule has 0 aliphatic rings. The van der Waals surface area contributed by atoms with Gasteiger partial charge >= 0.3 is 29.6 Å². The molecule has 0 aliphatic heterocycles. The van der Waals surface area contributed by atoms with Gasteiger partial charge in [0.2, 0.25) is 0 Å². The third-order valence-corrected chi connectivity index (χ3v) is 7.87. The van der Waals surface area contributed by atoms with Gasteiger partial charge in [0.05, 0.1) is 22.0 Å². The molecule has 0 atom stereocenters. The summed E-state index contributed by atoms with van der Waals surface area (Å²) in [5, 5.41) is 29.7. The maximum absolute atomic E-state index is 11.8. The molecule has 3 N–H and O–H groups in total. The largest absolute Gasteiger partial charge is 1.00 e. The predicted octanol–water partition coefficient (Wildman–Crippen LogP) is 5.61. The van der Waals surface area contributed by atoms with Crippen LogP contribution in [-0.2, 0) is 16.5 Å². The van der Waals surface area contributed by atoms with Crippen molar-refractivity contribution in [1.29, 1.82) is 0 Å². The Hall–Kier alpha value is -4.45. The van der Waals surface area contributed by atoms with E-state index in [-0.39, 0.29) is 57.0 Å². The Bertz CT molecular complexity index is 2150. The van der Waals surface area contributed by atoms with Gasteiger partial charge < -0.3 is 15.4 Å². The zero-order valence-corrected chi connectivity index (χ0v) is 26.4. The molecule has 0 radical (unpaired) electrons. The van der Waals surface area contributed by atoms with Crippen molar-refractivity contribution in [3.63, 3.8) is 0 Å². The molecule has 0 saturated carbocycles. The summed E-state index contributed by atoms with van der Waals surface area (Å²) >= 11 is 0. The number of aromatic hydroxyl groups is 1. The summed E-state index contributed by atoms with van der Waals surface area (Å²) in [6.07, 6.45) is 0.668. The van der Waals surface area contributed by atoms with Crippen LogP contribution in [0.25, 0.3) is 21.5 Å². The fraction of sp³-hybridized carbons (Fsp3) is 0.0303. The van der Waals surface area contributed by atoms with E-state index >= 15 is 0 Å². The number of hydrogen-bond donors (Lipinski definition) is 2. The third-order valence-electron chi connectivity index (χ3n) is 6.99. The second-order valence-corrected chi connectivity index (χ2v) is 11.2. The van der Waals surface area contributed by atoms with Gasteiger partial charge in [-0.2, -0.15) is 10.2 Å². The molecule has 0 spiro atoms. The van der Waals surface area contributed by atoms with Crippen molar-refractivity contribution in [2.45, 2.75) is 11.3 Å². The van der Waals surface area contributed by atoms with Crippen LogP contribution in [0.15, 0.2) is 141 Å². The molecule has 0 unspecified atom stereocenters. The molecule has 0 aromatic heterocycles. The molecule has 0 fully saturated rings. The van der Waals surface area contributed by atoms with E-state index in [0.717, 1.165) is 28.0 Å². The van der Waals surface area contributed by atoms with E-state index in [1.165, 1.54) is 6.07 Å². The van der Waals surface area contributed by atoms with E-state index in [1.54, 1.807) is 36.4 Å². The molecule has 6 aromatic rings. The van der Waals surface area contributed by atoms with E-state index < -0.39 is 10.1 Å². The van der Waals surface area contributed by atoms with Gasteiger partial charge in [-0.3, -0.25) is 0 Å². The molecule has 0 saturated heterocycles. The summed E-state index contributed by atoms with van der Waals surface area (Å²) in [4.78, 5) is -0.388. The second kappa shape index (κ2) is 13.0. The molecule has 44 heavy (non-hydrogen) atoms. The summed E-state index contributed by atoms with van der Waals surface area (Å²) in [7, 11) is -4.74. The Morgan fingerprint density at radius 3 is 1.82 bits per heavy atom. The molecule has 0 aliphatic carbocycles. The van der Waals surface area contributed by atoms with Crippen LogP contribution in [0.2, 0.25) is 0 Å². The minimum atomic E-state index is -4.74. The number of phenols is 1. The van der Waals surface area contributed by atoms with Gasteiger partial charge in [-0.25, -0.2) is 8.42 Å². The van der Waals surface area contributed by atoms with Crippen LogP contribution in [0.4, 0.5) is 28.4 Å². The molecule has 0 amide bonds. The van der Waals surface area contributed by atoms with E-state index in [1.807, 2.05) is 66.7 Å². The first-order valence-corrected chi connectivity index (χ1v) is 14.7. The van der Waals surface area contributed by atoms with E-state index in [9.17, 15) is 18.1 Å². The van der Waals surface area contributed by atoms with Crippen molar-refractivity contribution in [3.05, 3.63) is 126 Å². The first-order chi connectivity index (χ1) is 20.8. The Balaban J connectivity index is 0.00000384. The average molecular weight is 610 g/mol. The Kier molecular flexibility index (Phi) is 9.19. The summed E-state index contributed by atoms with van der Waals surface area (Å²) in [6.45, 7) is 0. The molecule has 0 heterocycles. The van der Waals surface area contributed by atoms with Gasteiger partial charge in [-0.15, -0.1) is 10.2 Å². The fourth-order valence-electron chi connectivity index (χ4n) is 4.80. The quantitative estimate of drug-likeness (QED) is 0.104. The number of nitrogens with zero attached hydrogens (tertiary/aromatic N) is 4. The molecule has 0 bridgehead atoms. The van der Waals surface area contributed by atoms with Gasteiger partial charge in [-0.1, -0.05) is 78.9 Å². The molecule has 6 rings (SSSR count). The SMILES string of the molecule is Nc1c(N=Nc2ccc(Cc3ccc(N=Nc4c(O)ccc5ccccc45)cc3)cc2)cc(S(=O)(=O)[O-])c2ccccc12.[Na+]. The number of rotatable bonds is 7. The third kappa shape index (κ3) is 6.70.